The van der Waals surface area contributed by atoms with Crippen LogP contribution in [0, 0.1) is 25.2 Å². The molecule has 1 amide bonds. The maximum absolute atomic E-state index is 11.7. The van der Waals surface area contributed by atoms with Crippen LogP contribution < -0.4 is 10.1 Å². The molecule has 1 saturated carbocycles. The van der Waals surface area contributed by atoms with Crippen LogP contribution >= 0.6 is 11.6 Å². The van der Waals surface area contributed by atoms with Gasteiger partial charge in [-0.1, -0.05) is 11.6 Å². The highest BCUT2D eigenvalue weighted by Crippen LogP contribution is 2.47. The molecule has 3 rings (SSSR count). The predicted molar refractivity (Wildman–Crippen MR) is 94.0 cm³/mol. The van der Waals surface area contributed by atoms with Crippen LogP contribution in [0.5, 0.6) is 11.5 Å². The maximum Gasteiger partial charge on any atom is 0.241 e. The minimum Gasteiger partial charge on any atom is -0.452 e. The first-order valence-corrected chi connectivity index (χ1v) is 8.48. The summed E-state index contributed by atoms with van der Waals surface area (Å²) in [7, 11) is 1.57. The monoisotopic (exact) mass is 358 g/mol. The third-order valence-electron chi connectivity index (χ3n) is 4.25. The standard InChI is InChI=1S/C18H19ClN4O2/c1-10-6-13(7-11(2)14(10)8-20)25-17-16(12-4-5-12)22-23(18(17)19)9-15(24)21-3/h6-7,12H,4-5,9H2,1-3H3,(H,21,24). The van der Waals surface area contributed by atoms with Crippen LogP contribution in [0.4, 0.5) is 0 Å². The van der Waals surface area contributed by atoms with Crippen molar-refractivity contribution in [2.45, 2.75) is 39.2 Å². The van der Waals surface area contributed by atoms with Crippen molar-refractivity contribution < 1.29 is 9.53 Å². The zero-order valence-corrected chi connectivity index (χ0v) is 15.1. The number of nitriles is 1. The first kappa shape index (κ1) is 17.3. The zero-order chi connectivity index (χ0) is 18.1. The van der Waals surface area contributed by atoms with Crippen molar-refractivity contribution in [3.63, 3.8) is 0 Å². The number of halogens is 1. The summed E-state index contributed by atoms with van der Waals surface area (Å²) >= 11 is 6.43. The lowest BCUT2D eigenvalue weighted by Gasteiger charge is -2.10. The van der Waals surface area contributed by atoms with Gasteiger partial charge in [0.15, 0.2) is 10.9 Å². The summed E-state index contributed by atoms with van der Waals surface area (Å²) in [5.74, 6) is 1.25. The van der Waals surface area contributed by atoms with E-state index in [-0.39, 0.29) is 12.5 Å². The van der Waals surface area contributed by atoms with E-state index in [0.29, 0.717) is 28.1 Å². The first-order chi connectivity index (χ1) is 11.9. The van der Waals surface area contributed by atoms with Crippen molar-refractivity contribution in [3.05, 3.63) is 39.7 Å². The SMILES string of the molecule is CNC(=O)Cn1nc(C2CC2)c(Oc2cc(C)c(C#N)c(C)c2)c1Cl. The molecule has 25 heavy (non-hydrogen) atoms. The van der Waals surface area contributed by atoms with E-state index in [9.17, 15) is 10.1 Å². The molecule has 1 fully saturated rings. The van der Waals surface area contributed by atoms with E-state index in [2.05, 4.69) is 16.5 Å². The third-order valence-corrected chi connectivity index (χ3v) is 4.62. The number of aryl methyl sites for hydroxylation is 2. The topological polar surface area (TPSA) is 79.9 Å². The number of amides is 1. The van der Waals surface area contributed by atoms with E-state index in [4.69, 9.17) is 16.3 Å². The van der Waals surface area contributed by atoms with Gasteiger partial charge in [-0.2, -0.15) is 10.4 Å². The molecule has 1 heterocycles. The number of rotatable bonds is 5. The summed E-state index contributed by atoms with van der Waals surface area (Å²) in [5, 5.41) is 16.5. The number of carbonyl (C=O) groups excluding carboxylic acids is 1. The fourth-order valence-electron chi connectivity index (χ4n) is 2.76. The Hall–Kier alpha value is -2.52. The fourth-order valence-corrected chi connectivity index (χ4v) is 2.99. The lowest BCUT2D eigenvalue weighted by molar-refractivity contribution is -0.121. The van der Waals surface area contributed by atoms with Crippen molar-refractivity contribution in [1.29, 1.82) is 5.26 Å². The Balaban J connectivity index is 1.97. The van der Waals surface area contributed by atoms with E-state index in [1.807, 2.05) is 26.0 Å². The van der Waals surface area contributed by atoms with Crippen LogP contribution in [0.2, 0.25) is 5.15 Å². The van der Waals surface area contributed by atoms with Gasteiger partial charge >= 0.3 is 0 Å². The second kappa shape index (κ2) is 6.77. The molecule has 0 atom stereocenters. The van der Waals surface area contributed by atoms with E-state index in [1.165, 1.54) is 4.68 Å². The van der Waals surface area contributed by atoms with E-state index >= 15 is 0 Å². The van der Waals surface area contributed by atoms with Crippen LogP contribution in [-0.2, 0) is 11.3 Å². The van der Waals surface area contributed by atoms with Gasteiger partial charge in [-0.05, 0) is 49.9 Å². The molecule has 1 aromatic heterocycles. The van der Waals surface area contributed by atoms with Gasteiger partial charge in [-0.25, -0.2) is 4.68 Å². The lowest BCUT2D eigenvalue weighted by atomic mass is 10.0. The third kappa shape index (κ3) is 3.47. The summed E-state index contributed by atoms with van der Waals surface area (Å²) in [6.07, 6.45) is 2.07. The van der Waals surface area contributed by atoms with Gasteiger partial charge in [-0.3, -0.25) is 4.79 Å². The number of hydrogen-bond donors (Lipinski definition) is 1. The maximum atomic E-state index is 11.7. The fraction of sp³-hybridized carbons (Fsp3) is 0.389. The Morgan fingerprint density at radius 2 is 2.08 bits per heavy atom. The Bertz CT molecular complexity index is 855. The predicted octanol–water partition coefficient (Wildman–Crippen LogP) is 3.44. The largest absolute Gasteiger partial charge is 0.452 e. The van der Waals surface area contributed by atoms with Crippen molar-refractivity contribution in [1.82, 2.24) is 15.1 Å². The van der Waals surface area contributed by atoms with Gasteiger partial charge in [0.25, 0.3) is 0 Å². The highest BCUT2D eigenvalue weighted by Gasteiger charge is 2.33. The van der Waals surface area contributed by atoms with Gasteiger partial charge in [0, 0.05) is 13.0 Å². The second-order valence-corrected chi connectivity index (χ2v) is 6.61. The molecule has 0 saturated heterocycles. The summed E-state index contributed by atoms with van der Waals surface area (Å²) in [6.45, 7) is 3.79. The molecule has 0 radical (unpaired) electrons. The molecular weight excluding hydrogens is 340 g/mol. The first-order valence-electron chi connectivity index (χ1n) is 8.10. The number of nitrogens with one attached hydrogen (secondary N) is 1. The number of nitrogens with zero attached hydrogens (tertiary/aromatic N) is 3. The molecular formula is C18H19ClN4O2. The minimum absolute atomic E-state index is 0.0455. The van der Waals surface area contributed by atoms with E-state index in [1.54, 1.807) is 7.05 Å². The summed E-state index contributed by atoms with van der Waals surface area (Å²) in [6, 6.07) is 5.82. The van der Waals surface area contributed by atoms with Crippen molar-refractivity contribution >= 4 is 17.5 Å². The van der Waals surface area contributed by atoms with Crippen LogP contribution in [0.1, 0.15) is 41.1 Å². The van der Waals surface area contributed by atoms with Gasteiger partial charge in [-0.15, -0.1) is 0 Å². The van der Waals surface area contributed by atoms with Gasteiger partial charge in [0.1, 0.15) is 18.0 Å². The van der Waals surface area contributed by atoms with Crippen molar-refractivity contribution in [3.8, 4) is 17.6 Å². The summed E-state index contributed by atoms with van der Waals surface area (Å²) in [4.78, 5) is 11.7. The molecule has 7 heteroatoms. The van der Waals surface area contributed by atoms with E-state index < -0.39 is 0 Å². The number of hydrogen-bond acceptors (Lipinski definition) is 4. The number of carbonyl (C=O) groups is 1. The van der Waals surface area contributed by atoms with E-state index in [0.717, 1.165) is 29.7 Å². The molecule has 0 unspecified atom stereocenters. The van der Waals surface area contributed by atoms with Crippen LogP contribution in [0.3, 0.4) is 0 Å². The summed E-state index contributed by atoms with van der Waals surface area (Å²) < 4.78 is 7.51. The van der Waals surface area contributed by atoms with Gasteiger partial charge < -0.3 is 10.1 Å². The van der Waals surface area contributed by atoms with Crippen molar-refractivity contribution in [2.75, 3.05) is 7.05 Å². The van der Waals surface area contributed by atoms with Crippen LogP contribution in [-0.4, -0.2) is 22.7 Å². The number of aromatic nitrogens is 2. The smallest absolute Gasteiger partial charge is 0.241 e. The molecule has 1 N–H and O–H groups in total. The molecule has 0 aliphatic heterocycles. The molecule has 0 bridgehead atoms. The quantitative estimate of drug-likeness (QED) is 0.887. The van der Waals surface area contributed by atoms with Crippen LogP contribution in [0.25, 0.3) is 0 Å². The molecule has 130 valence electrons. The average Bonchev–Trinajstić information content (AvgIpc) is 3.36. The zero-order valence-electron chi connectivity index (χ0n) is 14.4. The average molecular weight is 359 g/mol. The molecule has 1 aliphatic rings. The van der Waals surface area contributed by atoms with Crippen LogP contribution in [0.15, 0.2) is 12.1 Å². The second-order valence-electron chi connectivity index (χ2n) is 6.26. The van der Waals surface area contributed by atoms with Crippen molar-refractivity contribution in [2.24, 2.45) is 0 Å². The summed E-state index contributed by atoms with van der Waals surface area (Å²) in [5.41, 5.74) is 3.13. The number of benzene rings is 1. The van der Waals surface area contributed by atoms with Gasteiger partial charge in [0.2, 0.25) is 5.91 Å². The molecule has 1 aliphatic carbocycles. The Morgan fingerprint density at radius 3 is 2.60 bits per heavy atom. The minimum atomic E-state index is -0.177. The Morgan fingerprint density at radius 1 is 1.44 bits per heavy atom. The lowest BCUT2D eigenvalue weighted by Crippen LogP contribution is -2.24. The molecule has 2 aromatic rings. The normalized spacial score (nSPS) is 13.4. The Labute approximate surface area is 151 Å². The molecule has 0 spiro atoms. The molecule has 1 aromatic carbocycles. The number of likely N-dealkylation sites (N-methyl/N-ethyl adjacent to an activating group) is 1. The Kier molecular flexibility index (Phi) is 4.69. The number of ether oxygens (including phenoxy) is 1. The highest BCUT2D eigenvalue weighted by molar-refractivity contribution is 6.31. The van der Waals surface area contributed by atoms with Gasteiger partial charge in [0.05, 0.1) is 11.6 Å². The highest BCUT2D eigenvalue weighted by atomic mass is 35.5. The molecule has 6 nitrogen and oxygen atoms in total.